The fraction of sp³-hybridized carbons (Fsp3) is 0.0159. The molecule has 67 heavy (non-hydrogen) atoms. The zero-order valence-corrected chi connectivity index (χ0v) is 36.2. The summed E-state index contributed by atoms with van der Waals surface area (Å²) < 4.78 is 4.72. The predicted octanol–water partition coefficient (Wildman–Crippen LogP) is 15.6. The lowest BCUT2D eigenvalue weighted by Gasteiger charge is -2.33. The van der Waals surface area contributed by atoms with E-state index in [0.717, 1.165) is 55.4 Å². The van der Waals surface area contributed by atoms with Gasteiger partial charge in [-0.2, -0.15) is 0 Å². The third-order valence-electron chi connectivity index (χ3n) is 14.7. The maximum absolute atomic E-state index is 5.47. The SMILES string of the molecule is c1ccc(-n2c3ccccc3c3ccc(-c4ccc5nc6c7cccc8c9cc(-c%10ccc%11c(c%10)-c%10ccccc%10C%11(c%10ccccc%10)c%10ccccc%10)ccc9n(c6nc5c4)c87)cc32)cc1. The van der Waals surface area contributed by atoms with Crippen molar-refractivity contribution in [2.75, 3.05) is 0 Å². The predicted molar refractivity (Wildman–Crippen MR) is 277 cm³/mol. The van der Waals surface area contributed by atoms with Crippen molar-refractivity contribution in [3.8, 4) is 39.1 Å². The number of aromatic nitrogens is 4. The molecule has 0 saturated carbocycles. The second-order valence-electron chi connectivity index (χ2n) is 18.1. The summed E-state index contributed by atoms with van der Waals surface area (Å²) in [6.45, 7) is 0. The largest absolute Gasteiger partial charge is 0.309 e. The lowest BCUT2D eigenvalue weighted by Crippen LogP contribution is -2.28. The summed E-state index contributed by atoms with van der Waals surface area (Å²) in [5.74, 6) is 0. The number of para-hydroxylation sites is 3. The van der Waals surface area contributed by atoms with Gasteiger partial charge in [-0.15, -0.1) is 0 Å². The van der Waals surface area contributed by atoms with Gasteiger partial charge in [0.2, 0.25) is 0 Å². The average Bonchev–Trinajstić information content (AvgIpc) is 4.11. The highest BCUT2D eigenvalue weighted by molar-refractivity contribution is 6.23. The molecule has 0 saturated heterocycles. The number of hydrogen-bond donors (Lipinski definition) is 0. The molecule has 4 nitrogen and oxygen atoms in total. The van der Waals surface area contributed by atoms with E-state index >= 15 is 0 Å². The van der Waals surface area contributed by atoms with E-state index in [2.05, 4.69) is 239 Å². The molecular weight excluding hydrogens is 813 g/mol. The van der Waals surface area contributed by atoms with E-state index in [9.17, 15) is 0 Å². The first-order chi connectivity index (χ1) is 33.2. The standard InChI is InChI=1S/C63H38N4/c1-4-15-43(16-5-1)63(44-17-6-2-7-18-44)53-25-12-10-21-46(53)51-35-39(28-32-54(51)63)40-30-34-58-52(36-40)49-23-14-24-50-60-62(67(58)61(49)50)65-56-37-41(29-33-55(56)64-60)42-27-31-48-47-22-11-13-26-57(47)66(59(48)38-42)45-19-8-3-9-20-45/h1-38H. The van der Waals surface area contributed by atoms with E-state index in [-0.39, 0.29) is 0 Å². The maximum Gasteiger partial charge on any atom is 0.165 e. The summed E-state index contributed by atoms with van der Waals surface area (Å²) in [5, 5.41) is 6.02. The van der Waals surface area contributed by atoms with Crippen molar-refractivity contribution in [3.63, 3.8) is 0 Å². The summed E-state index contributed by atoms with van der Waals surface area (Å²) in [4.78, 5) is 10.8. The van der Waals surface area contributed by atoms with E-state index in [1.807, 2.05) is 0 Å². The Morgan fingerprint density at radius 3 is 1.79 bits per heavy atom. The molecular formula is C63H38N4. The van der Waals surface area contributed by atoms with Crippen LogP contribution in [0.5, 0.6) is 0 Å². The van der Waals surface area contributed by atoms with Crippen LogP contribution in [0, 0.1) is 0 Å². The maximum atomic E-state index is 5.47. The van der Waals surface area contributed by atoms with Crippen LogP contribution < -0.4 is 0 Å². The Morgan fingerprint density at radius 2 is 0.955 bits per heavy atom. The lowest BCUT2D eigenvalue weighted by atomic mass is 9.67. The highest BCUT2D eigenvalue weighted by Crippen LogP contribution is 2.56. The van der Waals surface area contributed by atoms with Crippen LogP contribution in [0.1, 0.15) is 22.3 Å². The van der Waals surface area contributed by atoms with E-state index < -0.39 is 5.41 Å². The first kappa shape index (κ1) is 36.5. The van der Waals surface area contributed by atoms with Crippen molar-refractivity contribution in [1.29, 1.82) is 0 Å². The molecule has 0 N–H and O–H groups in total. The van der Waals surface area contributed by atoms with E-state index in [1.54, 1.807) is 0 Å². The van der Waals surface area contributed by atoms with Gasteiger partial charge in [-0.05, 0) is 110 Å². The zero-order chi connectivity index (χ0) is 43.8. The van der Waals surface area contributed by atoms with Crippen LogP contribution in [0.4, 0.5) is 0 Å². The molecule has 0 bridgehead atoms. The van der Waals surface area contributed by atoms with Crippen LogP contribution in [-0.4, -0.2) is 18.9 Å². The van der Waals surface area contributed by atoms with Gasteiger partial charge in [-0.3, -0.25) is 4.40 Å². The Kier molecular flexibility index (Phi) is 7.40. The quantitative estimate of drug-likeness (QED) is 0.173. The molecule has 4 heterocycles. The molecule has 10 aromatic carbocycles. The summed E-state index contributed by atoms with van der Waals surface area (Å²) in [6, 6.07) is 84.4. The van der Waals surface area contributed by atoms with Crippen LogP contribution in [0.2, 0.25) is 0 Å². The third-order valence-corrected chi connectivity index (χ3v) is 14.7. The van der Waals surface area contributed by atoms with Crippen molar-refractivity contribution in [2.24, 2.45) is 0 Å². The fourth-order valence-corrected chi connectivity index (χ4v) is 11.9. The highest BCUT2D eigenvalue weighted by atomic mass is 15.0. The van der Waals surface area contributed by atoms with E-state index in [1.165, 1.54) is 77.1 Å². The number of fused-ring (bicyclic) bond motifs is 13. The number of rotatable bonds is 5. The van der Waals surface area contributed by atoms with Gasteiger partial charge in [0, 0.05) is 32.6 Å². The van der Waals surface area contributed by atoms with Crippen LogP contribution in [0.3, 0.4) is 0 Å². The highest BCUT2D eigenvalue weighted by Gasteiger charge is 2.46. The normalized spacial score (nSPS) is 13.2. The lowest BCUT2D eigenvalue weighted by molar-refractivity contribution is 0.768. The van der Waals surface area contributed by atoms with Gasteiger partial charge in [0.25, 0.3) is 0 Å². The van der Waals surface area contributed by atoms with Gasteiger partial charge in [0.05, 0.1) is 38.5 Å². The first-order valence-electron chi connectivity index (χ1n) is 23.1. The van der Waals surface area contributed by atoms with E-state index in [4.69, 9.17) is 9.97 Å². The number of nitrogens with zero attached hydrogens (tertiary/aromatic N) is 4. The van der Waals surface area contributed by atoms with Gasteiger partial charge >= 0.3 is 0 Å². The smallest absolute Gasteiger partial charge is 0.165 e. The van der Waals surface area contributed by atoms with Crippen molar-refractivity contribution in [2.45, 2.75) is 5.41 Å². The van der Waals surface area contributed by atoms with Crippen molar-refractivity contribution >= 4 is 71.2 Å². The molecule has 4 heteroatoms. The minimum Gasteiger partial charge on any atom is -0.309 e. The summed E-state index contributed by atoms with van der Waals surface area (Å²) in [7, 11) is 0. The fourth-order valence-electron chi connectivity index (χ4n) is 11.9. The van der Waals surface area contributed by atoms with Crippen LogP contribution in [-0.2, 0) is 5.41 Å². The van der Waals surface area contributed by atoms with Gasteiger partial charge in [0.1, 0.15) is 5.52 Å². The van der Waals surface area contributed by atoms with Crippen LogP contribution in [0.15, 0.2) is 231 Å². The van der Waals surface area contributed by atoms with Gasteiger partial charge in [0.15, 0.2) is 5.65 Å². The minimum atomic E-state index is -0.422. The van der Waals surface area contributed by atoms with Crippen molar-refractivity contribution in [3.05, 3.63) is 253 Å². The topological polar surface area (TPSA) is 35.1 Å². The Labute approximate surface area is 385 Å². The van der Waals surface area contributed by atoms with Crippen molar-refractivity contribution < 1.29 is 0 Å². The Bertz CT molecular complexity index is 4280. The van der Waals surface area contributed by atoms with Gasteiger partial charge in [-0.25, -0.2) is 9.97 Å². The molecule has 4 aromatic heterocycles. The Balaban J connectivity index is 0.879. The molecule has 1 aliphatic carbocycles. The van der Waals surface area contributed by atoms with Crippen molar-refractivity contribution in [1.82, 2.24) is 18.9 Å². The summed E-state index contributed by atoms with van der Waals surface area (Å²) >= 11 is 0. The molecule has 0 radical (unpaired) electrons. The Hall–Kier alpha value is -8.86. The first-order valence-corrected chi connectivity index (χ1v) is 23.1. The second kappa shape index (κ2) is 13.6. The van der Waals surface area contributed by atoms with E-state index in [0.29, 0.717) is 0 Å². The average molecular weight is 851 g/mol. The van der Waals surface area contributed by atoms with Crippen LogP contribution >= 0.6 is 0 Å². The Morgan fingerprint density at radius 1 is 0.343 bits per heavy atom. The number of hydrogen-bond acceptors (Lipinski definition) is 2. The number of benzene rings is 10. The molecule has 15 rings (SSSR count). The molecule has 0 unspecified atom stereocenters. The van der Waals surface area contributed by atoms with Crippen LogP contribution in [0.25, 0.3) is 110 Å². The third kappa shape index (κ3) is 4.96. The molecule has 14 aromatic rings. The molecule has 0 atom stereocenters. The van der Waals surface area contributed by atoms with Gasteiger partial charge < -0.3 is 4.57 Å². The monoisotopic (exact) mass is 850 g/mol. The minimum absolute atomic E-state index is 0.422. The summed E-state index contributed by atoms with van der Waals surface area (Å²) in [6.07, 6.45) is 0. The molecule has 1 aliphatic rings. The van der Waals surface area contributed by atoms with Gasteiger partial charge in [-0.1, -0.05) is 176 Å². The molecule has 0 aliphatic heterocycles. The molecule has 0 amide bonds. The molecule has 0 fully saturated rings. The second-order valence-corrected chi connectivity index (χ2v) is 18.1. The zero-order valence-electron chi connectivity index (χ0n) is 36.2. The molecule has 0 spiro atoms. The summed E-state index contributed by atoms with van der Waals surface area (Å²) in [5.41, 5.74) is 21.3. The molecule has 310 valence electrons.